The number of anilines is 1. The number of carbonyl (C=O) groups excluding carboxylic acids is 1. The molecule has 110 valence electrons. The molecule has 1 saturated carbocycles. The fourth-order valence-electron chi connectivity index (χ4n) is 3.09. The Balaban J connectivity index is 2.09. The van der Waals surface area contributed by atoms with Gasteiger partial charge in [0.2, 0.25) is 5.91 Å². The molecule has 0 spiro atoms. The van der Waals surface area contributed by atoms with Crippen molar-refractivity contribution in [3.8, 4) is 0 Å². The van der Waals surface area contributed by atoms with Gasteiger partial charge in [-0.15, -0.1) is 0 Å². The second-order valence-corrected chi connectivity index (χ2v) is 6.58. The second-order valence-electron chi connectivity index (χ2n) is 6.58. The summed E-state index contributed by atoms with van der Waals surface area (Å²) in [5.41, 5.74) is 1.67. The Bertz CT molecular complexity index is 480. The minimum Gasteiger partial charge on any atom is -0.389 e. The zero-order valence-corrected chi connectivity index (χ0v) is 12.6. The van der Waals surface area contributed by atoms with Crippen LogP contribution < -0.4 is 5.32 Å². The van der Waals surface area contributed by atoms with E-state index in [9.17, 15) is 9.90 Å². The fraction of sp³-hybridized carbons (Fsp3) is 0.588. The number of hydrogen-bond acceptors (Lipinski definition) is 2. The van der Waals surface area contributed by atoms with Gasteiger partial charge in [-0.1, -0.05) is 38.8 Å². The van der Waals surface area contributed by atoms with E-state index >= 15 is 0 Å². The van der Waals surface area contributed by atoms with Gasteiger partial charge in [-0.05, 0) is 42.9 Å². The zero-order chi connectivity index (χ0) is 14.8. The summed E-state index contributed by atoms with van der Waals surface area (Å²) in [4.78, 5) is 12.5. The average Bonchev–Trinajstić information content (AvgIpc) is 2.38. The van der Waals surface area contributed by atoms with E-state index in [0.717, 1.165) is 30.5 Å². The van der Waals surface area contributed by atoms with Crippen LogP contribution in [0.4, 0.5) is 5.69 Å². The Hall–Kier alpha value is -1.35. The molecule has 0 aromatic heterocycles. The third kappa shape index (κ3) is 3.40. The maximum absolute atomic E-state index is 12.5. The first-order chi connectivity index (χ1) is 9.40. The number of aliphatic hydroxyl groups excluding tert-OH is 1. The molecule has 0 radical (unpaired) electrons. The molecule has 3 nitrogen and oxygen atoms in total. The van der Waals surface area contributed by atoms with Crippen LogP contribution in [-0.4, -0.2) is 11.0 Å². The number of rotatable bonds is 3. The molecule has 3 heteroatoms. The van der Waals surface area contributed by atoms with E-state index in [1.54, 1.807) is 6.92 Å². The molecular weight excluding hydrogens is 250 g/mol. The monoisotopic (exact) mass is 275 g/mol. The lowest BCUT2D eigenvalue weighted by Gasteiger charge is -2.37. The van der Waals surface area contributed by atoms with Crippen LogP contribution >= 0.6 is 0 Å². The van der Waals surface area contributed by atoms with Crippen LogP contribution in [0.1, 0.15) is 58.1 Å². The zero-order valence-electron chi connectivity index (χ0n) is 12.6. The number of benzene rings is 1. The number of aliphatic hydroxyl groups is 1. The lowest BCUT2D eigenvalue weighted by molar-refractivity contribution is -0.124. The van der Waals surface area contributed by atoms with Gasteiger partial charge in [-0.2, -0.15) is 0 Å². The molecule has 2 rings (SSSR count). The highest BCUT2D eigenvalue weighted by Gasteiger charge is 2.37. The normalized spacial score (nSPS) is 23.1. The molecule has 20 heavy (non-hydrogen) atoms. The van der Waals surface area contributed by atoms with Gasteiger partial charge in [0.05, 0.1) is 6.10 Å². The highest BCUT2D eigenvalue weighted by Crippen LogP contribution is 2.41. The summed E-state index contributed by atoms with van der Waals surface area (Å²) in [7, 11) is 0. The van der Waals surface area contributed by atoms with E-state index in [-0.39, 0.29) is 17.2 Å². The summed E-state index contributed by atoms with van der Waals surface area (Å²) in [6, 6.07) is 7.45. The van der Waals surface area contributed by atoms with Crippen LogP contribution in [0.5, 0.6) is 0 Å². The van der Waals surface area contributed by atoms with E-state index < -0.39 is 6.10 Å². The maximum Gasteiger partial charge on any atom is 0.228 e. The van der Waals surface area contributed by atoms with Gasteiger partial charge < -0.3 is 10.4 Å². The highest BCUT2D eigenvalue weighted by molar-refractivity contribution is 5.93. The summed E-state index contributed by atoms with van der Waals surface area (Å²) >= 11 is 0. The number of carbonyl (C=O) groups is 1. The standard InChI is InChI=1S/C17H25NO2/c1-12(19)13-7-6-8-14(11-13)18-16(20)15-9-4-5-10-17(15,2)3/h6-8,11-12,15,19H,4-5,9-10H2,1-3H3,(H,18,20). The summed E-state index contributed by atoms with van der Waals surface area (Å²) in [6.45, 7) is 6.09. The molecule has 1 aliphatic rings. The van der Waals surface area contributed by atoms with Gasteiger partial charge in [0.1, 0.15) is 0 Å². The van der Waals surface area contributed by atoms with Crippen molar-refractivity contribution in [3.63, 3.8) is 0 Å². The van der Waals surface area contributed by atoms with E-state index in [4.69, 9.17) is 0 Å². The molecule has 1 aromatic rings. The first kappa shape index (κ1) is 15.0. The first-order valence-electron chi connectivity index (χ1n) is 7.49. The molecule has 1 aromatic carbocycles. The smallest absolute Gasteiger partial charge is 0.228 e. The van der Waals surface area contributed by atoms with E-state index in [1.165, 1.54) is 6.42 Å². The molecule has 0 heterocycles. The topological polar surface area (TPSA) is 49.3 Å². The van der Waals surface area contributed by atoms with Crippen molar-refractivity contribution in [2.45, 2.75) is 52.6 Å². The minimum atomic E-state index is -0.516. The first-order valence-corrected chi connectivity index (χ1v) is 7.49. The van der Waals surface area contributed by atoms with Crippen LogP contribution in [0.25, 0.3) is 0 Å². The van der Waals surface area contributed by atoms with Gasteiger partial charge in [0, 0.05) is 11.6 Å². The molecule has 2 unspecified atom stereocenters. The lowest BCUT2D eigenvalue weighted by atomic mass is 9.68. The van der Waals surface area contributed by atoms with Crippen LogP contribution in [0.2, 0.25) is 0 Å². The molecule has 0 aliphatic heterocycles. The van der Waals surface area contributed by atoms with Crippen molar-refractivity contribution in [2.24, 2.45) is 11.3 Å². The van der Waals surface area contributed by atoms with Crippen LogP contribution in [0, 0.1) is 11.3 Å². The quantitative estimate of drug-likeness (QED) is 0.879. The largest absolute Gasteiger partial charge is 0.389 e. The predicted molar refractivity (Wildman–Crippen MR) is 81.4 cm³/mol. The highest BCUT2D eigenvalue weighted by atomic mass is 16.3. The fourth-order valence-corrected chi connectivity index (χ4v) is 3.09. The van der Waals surface area contributed by atoms with Crippen LogP contribution in [0.3, 0.4) is 0 Å². The maximum atomic E-state index is 12.5. The van der Waals surface area contributed by atoms with Gasteiger partial charge in [0.25, 0.3) is 0 Å². The Morgan fingerprint density at radius 1 is 1.40 bits per heavy atom. The summed E-state index contributed by atoms with van der Waals surface area (Å²) < 4.78 is 0. The van der Waals surface area contributed by atoms with Crippen molar-refractivity contribution in [3.05, 3.63) is 29.8 Å². The van der Waals surface area contributed by atoms with Crippen molar-refractivity contribution in [1.82, 2.24) is 0 Å². The Labute approximate surface area is 121 Å². The van der Waals surface area contributed by atoms with Crippen molar-refractivity contribution >= 4 is 11.6 Å². The van der Waals surface area contributed by atoms with Gasteiger partial charge >= 0.3 is 0 Å². The van der Waals surface area contributed by atoms with E-state index in [0.29, 0.717) is 0 Å². The van der Waals surface area contributed by atoms with E-state index in [2.05, 4.69) is 19.2 Å². The molecule has 2 atom stereocenters. The number of hydrogen-bond donors (Lipinski definition) is 2. The molecule has 0 bridgehead atoms. The lowest BCUT2D eigenvalue weighted by Crippen LogP contribution is -2.37. The van der Waals surface area contributed by atoms with Crippen molar-refractivity contribution in [1.29, 1.82) is 0 Å². The van der Waals surface area contributed by atoms with Gasteiger partial charge in [-0.25, -0.2) is 0 Å². The summed E-state index contributed by atoms with van der Waals surface area (Å²) in [6.07, 6.45) is 3.91. The second kappa shape index (κ2) is 5.96. The van der Waals surface area contributed by atoms with E-state index in [1.807, 2.05) is 24.3 Å². The molecule has 1 fully saturated rings. The number of amides is 1. The van der Waals surface area contributed by atoms with Crippen molar-refractivity contribution in [2.75, 3.05) is 5.32 Å². The molecule has 2 N–H and O–H groups in total. The van der Waals surface area contributed by atoms with Crippen LogP contribution in [0.15, 0.2) is 24.3 Å². The van der Waals surface area contributed by atoms with Crippen LogP contribution in [-0.2, 0) is 4.79 Å². The average molecular weight is 275 g/mol. The van der Waals surface area contributed by atoms with Crippen molar-refractivity contribution < 1.29 is 9.90 Å². The minimum absolute atomic E-state index is 0.0736. The van der Waals surface area contributed by atoms with Gasteiger partial charge in [-0.3, -0.25) is 4.79 Å². The predicted octanol–water partition coefficient (Wildman–Crippen LogP) is 3.89. The Kier molecular flexibility index (Phi) is 4.48. The summed E-state index contributed by atoms with van der Waals surface area (Å²) in [5.74, 6) is 0.184. The molecule has 0 saturated heterocycles. The SMILES string of the molecule is CC(O)c1cccc(NC(=O)C2CCCCC2(C)C)c1. The summed E-state index contributed by atoms with van der Waals surface area (Å²) in [5, 5.41) is 12.6. The Morgan fingerprint density at radius 2 is 2.15 bits per heavy atom. The molecular formula is C17H25NO2. The third-order valence-electron chi connectivity index (χ3n) is 4.46. The third-order valence-corrected chi connectivity index (χ3v) is 4.46. The Morgan fingerprint density at radius 3 is 2.80 bits per heavy atom. The van der Waals surface area contributed by atoms with Gasteiger partial charge in [0.15, 0.2) is 0 Å². The number of nitrogens with one attached hydrogen (secondary N) is 1. The molecule has 1 amide bonds. The molecule has 1 aliphatic carbocycles.